The number of carbonyl (C=O) groups is 2. The Labute approximate surface area is 167 Å². The van der Waals surface area contributed by atoms with Gasteiger partial charge in [-0.15, -0.1) is 0 Å². The van der Waals surface area contributed by atoms with Crippen LogP contribution in [0.25, 0.3) is 0 Å². The van der Waals surface area contributed by atoms with Gasteiger partial charge in [0.05, 0.1) is 25.3 Å². The molecule has 26 heavy (non-hydrogen) atoms. The largest absolute Gasteiger partial charge is 0.466 e. The van der Waals surface area contributed by atoms with Gasteiger partial charge in [-0.1, -0.05) is 41.2 Å². The molecule has 142 valence electrons. The number of aliphatic imine (C=N–C) groups is 1. The molecule has 5 nitrogen and oxygen atoms in total. The summed E-state index contributed by atoms with van der Waals surface area (Å²) in [6.07, 6.45) is 1.36. The molecule has 0 saturated carbocycles. The lowest BCUT2D eigenvalue weighted by atomic mass is 10.1. The van der Waals surface area contributed by atoms with Crippen molar-refractivity contribution < 1.29 is 19.1 Å². The molecule has 0 aromatic heterocycles. The first-order valence-electron chi connectivity index (χ1n) is 8.52. The summed E-state index contributed by atoms with van der Waals surface area (Å²) in [5.41, 5.74) is 1.89. The van der Waals surface area contributed by atoms with E-state index in [4.69, 9.17) is 21.1 Å². The van der Waals surface area contributed by atoms with Crippen LogP contribution in [0.5, 0.6) is 0 Å². The molecule has 1 aliphatic heterocycles. The van der Waals surface area contributed by atoms with Crippen LogP contribution in [-0.2, 0) is 19.1 Å². The highest BCUT2D eigenvalue weighted by atomic mass is 35.5. The fourth-order valence-electron chi connectivity index (χ4n) is 2.41. The number of nitrogens with zero attached hydrogens (tertiary/aromatic N) is 1. The summed E-state index contributed by atoms with van der Waals surface area (Å²) in [5, 5.41) is 0.730. The summed E-state index contributed by atoms with van der Waals surface area (Å²) in [6, 6.07) is 5.64. The van der Waals surface area contributed by atoms with Gasteiger partial charge < -0.3 is 9.47 Å². The van der Waals surface area contributed by atoms with Crippen LogP contribution in [0.1, 0.15) is 43.9 Å². The smallest absolute Gasteiger partial charge is 0.306 e. The van der Waals surface area contributed by atoms with Crippen molar-refractivity contribution >= 4 is 57.1 Å². The molecule has 0 amide bonds. The number of ether oxygens (including phenoxy) is 2. The van der Waals surface area contributed by atoms with E-state index >= 15 is 0 Å². The molecule has 1 heterocycles. The number of esters is 2. The van der Waals surface area contributed by atoms with Crippen molar-refractivity contribution in [3.05, 3.63) is 28.8 Å². The van der Waals surface area contributed by atoms with Gasteiger partial charge in [-0.3, -0.25) is 9.59 Å². The summed E-state index contributed by atoms with van der Waals surface area (Å²) < 4.78 is 10.8. The predicted molar refractivity (Wildman–Crippen MR) is 108 cm³/mol. The van der Waals surface area contributed by atoms with E-state index in [1.807, 2.05) is 18.2 Å². The Morgan fingerprint density at radius 1 is 1.19 bits per heavy atom. The second-order valence-corrected chi connectivity index (χ2v) is 8.40. The summed E-state index contributed by atoms with van der Waals surface area (Å²) in [5.74, 6) is 0.205. The van der Waals surface area contributed by atoms with Crippen LogP contribution in [0, 0.1) is 0 Å². The molecule has 0 saturated heterocycles. The molecule has 0 radical (unpaired) electrons. The zero-order valence-electron chi connectivity index (χ0n) is 14.8. The Morgan fingerprint density at radius 2 is 1.88 bits per heavy atom. The molecule has 1 aromatic rings. The average Bonchev–Trinajstić information content (AvgIpc) is 2.60. The van der Waals surface area contributed by atoms with Crippen LogP contribution in [0.15, 0.2) is 23.2 Å². The number of carbonyl (C=O) groups excluding carboxylic acids is 2. The van der Waals surface area contributed by atoms with Crippen LogP contribution in [-0.4, -0.2) is 35.3 Å². The highest BCUT2D eigenvalue weighted by Crippen LogP contribution is 2.46. The van der Waals surface area contributed by atoms with Crippen molar-refractivity contribution in [1.29, 1.82) is 0 Å². The highest BCUT2D eigenvalue weighted by Gasteiger charge is 2.25. The van der Waals surface area contributed by atoms with Crippen molar-refractivity contribution in [3.8, 4) is 0 Å². The SMILES string of the molecule is CCOC(=O)CCSC1=Nc2cc(Cl)ccc2C(CCC(=O)OCC)S1. The third kappa shape index (κ3) is 6.52. The Hall–Kier alpha value is -1.18. The van der Waals surface area contributed by atoms with E-state index in [0.29, 0.717) is 43.3 Å². The second kappa shape index (κ2) is 10.8. The van der Waals surface area contributed by atoms with Gasteiger partial charge in [0.25, 0.3) is 0 Å². The predicted octanol–water partition coefficient (Wildman–Crippen LogP) is 5.15. The Kier molecular flexibility index (Phi) is 8.81. The first-order valence-corrected chi connectivity index (χ1v) is 10.8. The van der Waals surface area contributed by atoms with Crippen LogP contribution >= 0.6 is 35.1 Å². The summed E-state index contributed by atoms with van der Waals surface area (Å²) >= 11 is 9.24. The monoisotopic (exact) mass is 415 g/mol. The van der Waals surface area contributed by atoms with E-state index in [1.165, 1.54) is 11.8 Å². The molecule has 0 N–H and O–H groups in total. The zero-order chi connectivity index (χ0) is 18.9. The number of hydrogen-bond donors (Lipinski definition) is 0. The normalized spacial score (nSPS) is 15.8. The van der Waals surface area contributed by atoms with Crippen LogP contribution in [0.3, 0.4) is 0 Å². The van der Waals surface area contributed by atoms with Gasteiger partial charge >= 0.3 is 11.9 Å². The molecule has 1 atom stereocenters. The van der Waals surface area contributed by atoms with Gasteiger partial charge in [0, 0.05) is 22.4 Å². The molecule has 1 unspecified atom stereocenters. The Balaban J connectivity index is 2.03. The average molecular weight is 416 g/mol. The van der Waals surface area contributed by atoms with E-state index in [0.717, 1.165) is 15.6 Å². The number of fused-ring (bicyclic) bond motifs is 1. The van der Waals surface area contributed by atoms with Crippen LogP contribution < -0.4 is 0 Å². The quantitative estimate of drug-likeness (QED) is 0.547. The van der Waals surface area contributed by atoms with E-state index in [-0.39, 0.29) is 17.2 Å². The standard InChI is InChI=1S/C18H22ClNO4S2/c1-3-23-16(21)8-7-15-13-6-5-12(19)11-14(13)20-18(26-15)25-10-9-17(22)24-4-2/h5-6,11,15H,3-4,7-10H2,1-2H3. The van der Waals surface area contributed by atoms with E-state index in [9.17, 15) is 9.59 Å². The fraction of sp³-hybridized carbons (Fsp3) is 0.500. The number of benzene rings is 1. The number of rotatable bonds is 8. The molecule has 0 spiro atoms. The molecular weight excluding hydrogens is 394 g/mol. The Bertz CT molecular complexity index is 681. The van der Waals surface area contributed by atoms with Gasteiger partial charge in [0.1, 0.15) is 4.38 Å². The lowest BCUT2D eigenvalue weighted by molar-refractivity contribution is -0.143. The molecule has 1 aliphatic rings. The molecule has 0 fully saturated rings. The highest BCUT2D eigenvalue weighted by molar-refractivity contribution is 8.39. The van der Waals surface area contributed by atoms with Gasteiger partial charge in [-0.05, 0) is 38.0 Å². The Morgan fingerprint density at radius 3 is 2.58 bits per heavy atom. The lowest BCUT2D eigenvalue weighted by Crippen LogP contribution is -2.10. The van der Waals surface area contributed by atoms with E-state index in [1.54, 1.807) is 25.6 Å². The molecule has 1 aromatic carbocycles. The minimum Gasteiger partial charge on any atom is -0.466 e. The maximum Gasteiger partial charge on any atom is 0.306 e. The molecule has 2 rings (SSSR count). The topological polar surface area (TPSA) is 65.0 Å². The van der Waals surface area contributed by atoms with Crippen molar-refractivity contribution in [2.75, 3.05) is 19.0 Å². The van der Waals surface area contributed by atoms with E-state index in [2.05, 4.69) is 4.99 Å². The lowest BCUT2D eigenvalue weighted by Gasteiger charge is -2.24. The van der Waals surface area contributed by atoms with Gasteiger partial charge in [0.2, 0.25) is 0 Å². The van der Waals surface area contributed by atoms with Crippen molar-refractivity contribution in [3.63, 3.8) is 0 Å². The van der Waals surface area contributed by atoms with E-state index < -0.39 is 0 Å². The van der Waals surface area contributed by atoms with Gasteiger partial charge in [-0.25, -0.2) is 4.99 Å². The van der Waals surface area contributed by atoms with Crippen molar-refractivity contribution in [2.45, 2.75) is 38.4 Å². The third-order valence-corrected chi connectivity index (χ3v) is 6.24. The number of halogens is 1. The maximum atomic E-state index is 11.7. The van der Waals surface area contributed by atoms with Gasteiger partial charge in [-0.2, -0.15) is 0 Å². The molecule has 8 heteroatoms. The third-order valence-electron chi connectivity index (χ3n) is 3.55. The summed E-state index contributed by atoms with van der Waals surface area (Å²) in [4.78, 5) is 27.8. The molecule has 0 aliphatic carbocycles. The number of thioether (sulfide) groups is 2. The first-order chi connectivity index (χ1) is 12.5. The van der Waals surface area contributed by atoms with Gasteiger partial charge in [0.15, 0.2) is 0 Å². The fourth-order valence-corrected chi connectivity index (χ4v) is 5.01. The molecular formula is C18H22ClNO4S2. The van der Waals surface area contributed by atoms with Crippen LogP contribution in [0.2, 0.25) is 5.02 Å². The molecule has 0 bridgehead atoms. The van der Waals surface area contributed by atoms with Crippen molar-refractivity contribution in [2.24, 2.45) is 4.99 Å². The number of hydrogen-bond acceptors (Lipinski definition) is 7. The van der Waals surface area contributed by atoms with Crippen molar-refractivity contribution in [1.82, 2.24) is 0 Å². The zero-order valence-corrected chi connectivity index (χ0v) is 17.2. The summed E-state index contributed by atoms with van der Waals surface area (Å²) in [6.45, 7) is 4.37. The maximum absolute atomic E-state index is 11.7. The first kappa shape index (κ1) is 21.1. The summed E-state index contributed by atoms with van der Waals surface area (Å²) in [7, 11) is 0. The minimum atomic E-state index is -0.205. The second-order valence-electron chi connectivity index (χ2n) is 5.43. The minimum absolute atomic E-state index is 0.106. The van der Waals surface area contributed by atoms with Crippen LogP contribution in [0.4, 0.5) is 5.69 Å².